The fourth-order valence-electron chi connectivity index (χ4n) is 2.68. The Bertz CT molecular complexity index is 1100. The second-order valence-electron chi connectivity index (χ2n) is 6.62. The van der Waals surface area contributed by atoms with Gasteiger partial charge in [-0.15, -0.1) is 0 Å². The van der Waals surface area contributed by atoms with Crippen LogP contribution in [0.3, 0.4) is 0 Å². The lowest BCUT2D eigenvalue weighted by molar-refractivity contribution is 0.0951. The molecule has 0 aromatic heterocycles. The number of benzene rings is 3. The van der Waals surface area contributed by atoms with E-state index < -0.39 is 10.0 Å². The highest BCUT2D eigenvalue weighted by Crippen LogP contribution is 2.15. The SMILES string of the molecule is Cc1ccc(S(=O)(=O)NCc2ccc(CNC(=O)c3ccccc3Cl)cc2)cc1. The first-order chi connectivity index (χ1) is 13.8. The van der Waals surface area contributed by atoms with Gasteiger partial charge in [-0.2, -0.15) is 0 Å². The molecule has 0 aliphatic rings. The third kappa shape index (κ3) is 5.67. The first-order valence-electron chi connectivity index (χ1n) is 9.02. The van der Waals surface area contributed by atoms with Gasteiger partial charge in [-0.3, -0.25) is 4.79 Å². The molecule has 3 aromatic rings. The molecule has 7 heteroatoms. The van der Waals surface area contributed by atoms with Gasteiger partial charge < -0.3 is 5.32 Å². The first-order valence-corrected chi connectivity index (χ1v) is 10.9. The van der Waals surface area contributed by atoms with E-state index in [9.17, 15) is 13.2 Å². The fourth-order valence-corrected chi connectivity index (χ4v) is 3.92. The lowest BCUT2D eigenvalue weighted by Gasteiger charge is -2.09. The Hall–Kier alpha value is -2.67. The second kappa shape index (κ2) is 9.22. The maximum Gasteiger partial charge on any atom is 0.253 e. The predicted octanol–water partition coefficient (Wildman–Crippen LogP) is 4.06. The number of carbonyl (C=O) groups excluding carboxylic acids is 1. The van der Waals surface area contributed by atoms with Gasteiger partial charge in [0.1, 0.15) is 0 Å². The summed E-state index contributed by atoms with van der Waals surface area (Å²) in [6.07, 6.45) is 0. The summed E-state index contributed by atoms with van der Waals surface area (Å²) in [6.45, 7) is 2.43. The maximum atomic E-state index is 12.4. The third-order valence-electron chi connectivity index (χ3n) is 4.39. The van der Waals surface area contributed by atoms with Crippen LogP contribution < -0.4 is 10.0 Å². The highest BCUT2D eigenvalue weighted by atomic mass is 35.5. The van der Waals surface area contributed by atoms with Crippen molar-refractivity contribution in [1.82, 2.24) is 10.0 Å². The lowest BCUT2D eigenvalue weighted by Crippen LogP contribution is -2.24. The summed E-state index contributed by atoms with van der Waals surface area (Å²) in [6, 6.07) is 20.9. The molecular formula is C22H21ClN2O3S. The van der Waals surface area contributed by atoms with E-state index in [0.717, 1.165) is 16.7 Å². The zero-order valence-corrected chi connectivity index (χ0v) is 17.4. The average molecular weight is 429 g/mol. The lowest BCUT2D eigenvalue weighted by atomic mass is 10.1. The molecule has 3 aromatic carbocycles. The van der Waals surface area contributed by atoms with Gasteiger partial charge in [0.15, 0.2) is 0 Å². The van der Waals surface area contributed by atoms with Crippen molar-refractivity contribution >= 4 is 27.5 Å². The van der Waals surface area contributed by atoms with Crippen LogP contribution in [0.5, 0.6) is 0 Å². The van der Waals surface area contributed by atoms with Gasteiger partial charge in [-0.1, -0.05) is 65.7 Å². The number of hydrogen-bond donors (Lipinski definition) is 2. The molecular weight excluding hydrogens is 408 g/mol. The van der Waals surface area contributed by atoms with Crippen molar-refractivity contribution in [3.8, 4) is 0 Å². The molecule has 150 valence electrons. The molecule has 1 amide bonds. The second-order valence-corrected chi connectivity index (χ2v) is 8.79. The highest BCUT2D eigenvalue weighted by Gasteiger charge is 2.13. The molecule has 3 rings (SSSR count). The summed E-state index contributed by atoms with van der Waals surface area (Å²) in [5.74, 6) is -0.245. The Morgan fingerprint density at radius 1 is 0.862 bits per heavy atom. The van der Waals surface area contributed by atoms with Crippen molar-refractivity contribution in [2.75, 3.05) is 0 Å². The molecule has 0 unspecified atom stereocenters. The zero-order chi connectivity index (χ0) is 20.9. The van der Waals surface area contributed by atoms with Crippen LogP contribution >= 0.6 is 11.6 Å². The Balaban J connectivity index is 1.55. The van der Waals surface area contributed by atoms with E-state index in [1.54, 1.807) is 48.5 Å². The molecule has 5 nitrogen and oxygen atoms in total. The van der Waals surface area contributed by atoms with E-state index in [-0.39, 0.29) is 17.3 Å². The van der Waals surface area contributed by atoms with Crippen LogP contribution in [0, 0.1) is 6.92 Å². The van der Waals surface area contributed by atoms with Crippen molar-refractivity contribution in [2.45, 2.75) is 24.9 Å². The number of hydrogen-bond acceptors (Lipinski definition) is 3. The van der Waals surface area contributed by atoms with Gasteiger partial charge >= 0.3 is 0 Å². The molecule has 0 atom stereocenters. The highest BCUT2D eigenvalue weighted by molar-refractivity contribution is 7.89. The first kappa shape index (κ1) is 21.0. The molecule has 2 N–H and O–H groups in total. The zero-order valence-electron chi connectivity index (χ0n) is 15.9. The summed E-state index contributed by atoms with van der Waals surface area (Å²) >= 11 is 6.03. The molecule has 0 bridgehead atoms. The molecule has 0 aliphatic heterocycles. The Morgan fingerprint density at radius 2 is 1.45 bits per heavy atom. The van der Waals surface area contributed by atoms with Crippen LogP contribution in [-0.2, 0) is 23.1 Å². The van der Waals surface area contributed by atoms with Gasteiger partial charge in [-0.05, 0) is 42.3 Å². The van der Waals surface area contributed by atoms with Crippen LogP contribution in [-0.4, -0.2) is 14.3 Å². The molecule has 0 fully saturated rings. The number of aryl methyl sites for hydroxylation is 1. The molecule has 0 spiro atoms. The van der Waals surface area contributed by atoms with Crippen LogP contribution in [0.2, 0.25) is 5.02 Å². The molecule has 0 radical (unpaired) electrons. The molecule has 0 saturated heterocycles. The van der Waals surface area contributed by atoms with Crippen molar-refractivity contribution in [3.05, 3.63) is 100 Å². The van der Waals surface area contributed by atoms with E-state index in [2.05, 4.69) is 10.0 Å². The number of carbonyl (C=O) groups is 1. The van der Waals surface area contributed by atoms with E-state index in [1.807, 2.05) is 31.2 Å². The van der Waals surface area contributed by atoms with E-state index in [1.165, 1.54) is 0 Å². The van der Waals surface area contributed by atoms with Gasteiger partial charge in [-0.25, -0.2) is 13.1 Å². The maximum absolute atomic E-state index is 12.4. The van der Waals surface area contributed by atoms with Gasteiger partial charge in [0.2, 0.25) is 10.0 Å². The molecule has 29 heavy (non-hydrogen) atoms. The van der Waals surface area contributed by atoms with E-state index in [0.29, 0.717) is 17.1 Å². The standard InChI is InChI=1S/C22H21ClN2O3S/c1-16-6-12-19(13-7-16)29(27,28)25-15-18-10-8-17(9-11-18)14-24-22(26)20-4-2-3-5-21(20)23/h2-13,25H,14-15H2,1H3,(H,24,26). The van der Waals surface area contributed by atoms with Gasteiger partial charge in [0, 0.05) is 13.1 Å². The summed E-state index contributed by atoms with van der Waals surface area (Å²) in [7, 11) is -3.56. The third-order valence-corrected chi connectivity index (χ3v) is 6.14. The fraction of sp³-hybridized carbons (Fsp3) is 0.136. The summed E-state index contributed by atoms with van der Waals surface area (Å²) in [5, 5.41) is 3.23. The predicted molar refractivity (Wildman–Crippen MR) is 114 cm³/mol. The number of halogens is 1. The largest absolute Gasteiger partial charge is 0.348 e. The smallest absolute Gasteiger partial charge is 0.253 e. The number of rotatable bonds is 7. The molecule has 0 aliphatic carbocycles. The summed E-state index contributed by atoms with van der Waals surface area (Å²) in [5.41, 5.74) is 3.15. The Labute approximate surface area is 175 Å². The summed E-state index contributed by atoms with van der Waals surface area (Å²) < 4.78 is 27.3. The monoisotopic (exact) mass is 428 g/mol. The van der Waals surface area contributed by atoms with E-state index >= 15 is 0 Å². The summed E-state index contributed by atoms with van der Waals surface area (Å²) in [4.78, 5) is 12.4. The van der Waals surface area contributed by atoms with Gasteiger partial charge in [0.25, 0.3) is 5.91 Å². The van der Waals surface area contributed by atoms with Crippen LogP contribution in [0.25, 0.3) is 0 Å². The van der Waals surface area contributed by atoms with Crippen molar-refractivity contribution in [3.63, 3.8) is 0 Å². The van der Waals surface area contributed by atoms with Crippen molar-refractivity contribution in [2.24, 2.45) is 0 Å². The Kier molecular flexibility index (Phi) is 6.69. The minimum absolute atomic E-state index is 0.183. The van der Waals surface area contributed by atoms with Gasteiger partial charge in [0.05, 0.1) is 15.5 Å². The average Bonchev–Trinajstić information content (AvgIpc) is 2.72. The molecule has 0 heterocycles. The van der Waals surface area contributed by atoms with Crippen LogP contribution in [0.4, 0.5) is 0 Å². The minimum Gasteiger partial charge on any atom is -0.348 e. The molecule has 0 saturated carbocycles. The van der Waals surface area contributed by atoms with Crippen LogP contribution in [0.1, 0.15) is 27.0 Å². The van der Waals surface area contributed by atoms with Crippen LogP contribution in [0.15, 0.2) is 77.7 Å². The quantitative estimate of drug-likeness (QED) is 0.596. The van der Waals surface area contributed by atoms with Crippen molar-refractivity contribution in [1.29, 1.82) is 0 Å². The topological polar surface area (TPSA) is 75.3 Å². The van der Waals surface area contributed by atoms with Crippen molar-refractivity contribution < 1.29 is 13.2 Å². The number of amides is 1. The normalized spacial score (nSPS) is 11.2. The number of sulfonamides is 1. The Morgan fingerprint density at radius 3 is 2.07 bits per heavy atom. The van der Waals surface area contributed by atoms with E-state index in [4.69, 9.17) is 11.6 Å². The minimum atomic E-state index is -3.56. The number of nitrogens with one attached hydrogen (secondary N) is 2.